The lowest BCUT2D eigenvalue weighted by molar-refractivity contribution is -0.0929. The Morgan fingerprint density at radius 3 is 2.94 bits per heavy atom. The first-order valence-electron chi connectivity index (χ1n) is 7.16. The van der Waals surface area contributed by atoms with Gasteiger partial charge >= 0.3 is 0 Å². The largest absolute Gasteiger partial charge is 0.375 e. The molecule has 1 N–H and O–H groups in total. The molecular weight excluding hydrogens is 242 g/mol. The molecule has 102 valence electrons. The van der Waals surface area contributed by atoms with Gasteiger partial charge in [-0.2, -0.15) is 11.3 Å². The number of nitrogens with one attached hydrogen (secondary N) is 1. The number of rotatable bonds is 6. The Morgan fingerprint density at radius 2 is 2.28 bits per heavy atom. The summed E-state index contributed by atoms with van der Waals surface area (Å²) >= 11 is 1.78. The van der Waals surface area contributed by atoms with Crippen molar-refractivity contribution in [3.05, 3.63) is 22.4 Å². The summed E-state index contributed by atoms with van der Waals surface area (Å²) in [4.78, 5) is 0. The fraction of sp³-hybridized carbons (Fsp3) is 0.733. The van der Waals surface area contributed by atoms with E-state index in [0.29, 0.717) is 6.04 Å². The third-order valence-corrected chi connectivity index (χ3v) is 4.94. The highest BCUT2D eigenvalue weighted by Crippen LogP contribution is 2.31. The van der Waals surface area contributed by atoms with Crippen molar-refractivity contribution in [1.82, 2.24) is 5.32 Å². The van der Waals surface area contributed by atoms with Gasteiger partial charge in [-0.05, 0) is 61.0 Å². The molecule has 2 nitrogen and oxygen atoms in total. The lowest BCUT2D eigenvalue weighted by atomic mass is 9.86. The van der Waals surface area contributed by atoms with Gasteiger partial charge in [0, 0.05) is 12.6 Å². The normalized spacial score (nSPS) is 23.1. The molecule has 1 saturated heterocycles. The minimum absolute atomic E-state index is 0.137. The van der Waals surface area contributed by atoms with E-state index >= 15 is 0 Å². The van der Waals surface area contributed by atoms with Crippen molar-refractivity contribution in [1.29, 1.82) is 0 Å². The van der Waals surface area contributed by atoms with Crippen LogP contribution in [0.3, 0.4) is 0 Å². The third kappa shape index (κ3) is 3.56. The second-order valence-corrected chi connectivity index (χ2v) is 6.04. The third-order valence-electron chi connectivity index (χ3n) is 4.21. The van der Waals surface area contributed by atoms with Crippen molar-refractivity contribution >= 4 is 11.3 Å². The second-order valence-electron chi connectivity index (χ2n) is 5.26. The van der Waals surface area contributed by atoms with Gasteiger partial charge in [-0.3, -0.25) is 0 Å². The first-order chi connectivity index (χ1) is 8.78. The molecule has 2 rings (SSSR count). The number of thiophene rings is 1. The maximum absolute atomic E-state index is 6.01. The molecule has 0 aliphatic carbocycles. The van der Waals surface area contributed by atoms with E-state index in [2.05, 4.69) is 36.0 Å². The molecule has 0 spiro atoms. The maximum Gasteiger partial charge on any atom is 0.0692 e. The van der Waals surface area contributed by atoms with Crippen LogP contribution in [0.25, 0.3) is 0 Å². The molecule has 1 aliphatic rings. The molecule has 1 unspecified atom stereocenters. The van der Waals surface area contributed by atoms with E-state index in [-0.39, 0.29) is 5.60 Å². The molecule has 0 aromatic carbocycles. The summed E-state index contributed by atoms with van der Waals surface area (Å²) in [5.74, 6) is 0. The highest BCUT2D eigenvalue weighted by molar-refractivity contribution is 7.07. The van der Waals surface area contributed by atoms with Crippen LogP contribution in [0.1, 0.15) is 45.1 Å². The molecule has 0 bridgehead atoms. The minimum Gasteiger partial charge on any atom is -0.375 e. The molecular formula is C15H25NOS. The molecule has 1 fully saturated rings. The maximum atomic E-state index is 6.01. The average Bonchev–Trinajstić information content (AvgIpc) is 2.92. The zero-order valence-corrected chi connectivity index (χ0v) is 12.4. The lowest BCUT2D eigenvalue weighted by Gasteiger charge is -2.40. The Balaban J connectivity index is 1.75. The predicted octanol–water partition coefficient (Wildman–Crippen LogP) is 3.62. The van der Waals surface area contributed by atoms with E-state index in [1.807, 2.05) is 0 Å². The molecule has 3 heteroatoms. The average molecular weight is 267 g/mol. The highest BCUT2D eigenvalue weighted by Gasteiger charge is 2.33. The van der Waals surface area contributed by atoms with Crippen LogP contribution in [0.4, 0.5) is 0 Å². The van der Waals surface area contributed by atoms with Crippen LogP contribution in [0, 0.1) is 0 Å². The van der Waals surface area contributed by atoms with Gasteiger partial charge in [0.05, 0.1) is 5.60 Å². The van der Waals surface area contributed by atoms with Crippen molar-refractivity contribution < 1.29 is 4.74 Å². The molecule has 18 heavy (non-hydrogen) atoms. The monoisotopic (exact) mass is 267 g/mol. The fourth-order valence-electron chi connectivity index (χ4n) is 2.80. The molecule has 2 heterocycles. The van der Waals surface area contributed by atoms with Crippen LogP contribution >= 0.6 is 11.3 Å². The van der Waals surface area contributed by atoms with Gasteiger partial charge in [0.15, 0.2) is 0 Å². The SMILES string of the molecule is CCC1(CC)CC(NCCc2ccsc2)CCO1. The van der Waals surface area contributed by atoms with Crippen molar-refractivity contribution in [2.45, 2.75) is 57.6 Å². The summed E-state index contributed by atoms with van der Waals surface area (Å²) in [7, 11) is 0. The van der Waals surface area contributed by atoms with Gasteiger partial charge in [-0.1, -0.05) is 13.8 Å². The van der Waals surface area contributed by atoms with Crippen molar-refractivity contribution in [2.75, 3.05) is 13.2 Å². The van der Waals surface area contributed by atoms with Crippen LogP contribution in [-0.4, -0.2) is 24.8 Å². The lowest BCUT2D eigenvalue weighted by Crippen LogP contribution is -2.46. The molecule has 1 atom stereocenters. The van der Waals surface area contributed by atoms with E-state index in [1.54, 1.807) is 11.3 Å². The summed E-state index contributed by atoms with van der Waals surface area (Å²) < 4.78 is 6.01. The minimum atomic E-state index is 0.137. The van der Waals surface area contributed by atoms with Gasteiger partial charge < -0.3 is 10.1 Å². The van der Waals surface area contributed by atoms with Crippen LogP contribution < -0.4 is 5.32 Å². The molecule has 0 radical (unpaired) electrons. The van der Waals surface area contributed by atoms with E-state index in [0.717, 1.165) is 38.8 Å². The molecule has 1 aromatic heterocycles. The first kappa shape index (κ1) is 14.0. The fourth-order valence-corrected chi connectivity index (χ4v) is 3.50. The van der Waals surface area contributed by atoms with Crippen molar-refractivity contribution in [2.24, 2.45) is 0 Å². The van der Waals surface area contributed by atoms with Gasteiger partial charge in [-0.25, -0.2) is 0 Å². The molecule has 1 aromatic rings. The topological polar surface area (TPSA) is 21.3 Å². The molecule has 0 amide bonds. The Bertz CT molecular complexity index is 332. The Hall–Kier alpha value is -0.380. The summed E-state index contributed by atoms with van der Waals surface area (Å²) in [6.07, 6.45) is 5.74. The molecule has 0 saturated carbocycles. The number of ether oxygens (including phenoxy) is 1. The molecule has 1 aliphatic heterocycles. The standard InChI is InChI=1S/C15H25NOS/c1-3-15(4-2)11-14(6-9-17-15)16-8-5-13-7-10-18-12-13/h7,10,12,14,16H,3-6,8-9,11H2,1-2H3. The Morgan fingerprint density at radius 1 is 1.44 bits per heavy atom. The predicted molar refractivity (Wildman–Crippen MR) is 78.3 cm³/mol. The number of hydrogen-bond acceptors (Lipinski definition) is 3. The van der Waals surface area contributed by atoms with Crippen molar-refractivity contribution in [3.8, 4) is 0 Å². The summed E-state index contributed by atoms with van der Waals surface area (Å²) in [5, 5.41) is 8.11. The van der Waals surface area contributed by atoms with Gasteiger partial charge in [-0.15, -0.1) is 0 Å². The smallest absolute Gasteiger partial charge is 0.0692 e. The van der Waals surface area contributed by atoms with Crippen molar-refractivity contribution in [3.63, 3.8) is 0 Å². The zero-order valence-electron chi connectivity index (χ0n) is 11.6. The zero-order chi connectivity index (χ0) is 12.8. The summed E-state index contributed by atoms with van der Waals surface area (Å²) in [6, 6.07) is 2.86. The highest BCUT2D eigenvalue weighted by atomic mass is 32.1. The quantitative estimate of drug-likeness (QED) is 0.850. The van der Waals surface area contributed by atoms with Crippen LogP contribution in [0.2, 0.25) is 0 Å². The first-order valence-corrected chi connectivity index (χ1v) is 8.10. The second kappa shape index (κ2) is 6.69. The summed E-state index contributed by atoms with van der Waals surface area (Å²) in [5.41, 5.74) is 1.59. The number of hydrogen-bond donors (Lipinski definition) is 1. The van der Waals surface area contributed by atoms with Gasteiger partial charge in [0.1, 0.15) is 0 Å². The van der Waals surface area contributed by atoms with Gasteiger partial charge in [0.25, 0.3) is 0 Å². The van der Waals surface area contributed by atoms with E-state index in [9.17, 15) is 0 Å². The van der Waals surface area contributed by atoms with Gasteiger partial charge in [0.2, 0.25) is 0 Å². The Kier molecular flexibility index (Phi) is 5.22. The Labute approximate surface area is 115 Å². The van der Waals surface area contributed by atoms with Crippen LogP contribution in [0.5, 0.6) is 0 Å². The summed E-state index contributed by atoms with van der Waals surface area (Å²) in [6.45, 7) is 6.50. The van der Waals surface area contributed by atoms with Crippen LogP contribution in [-0.2, 0) is 11.2 Å². The van der Waals surface area contributed by atoms with E-state index in [1.165, 1.54) is 12.0 Å². The van der Waals surface area contributed by atoms with E-state index < -0.39 is 0 Å². The van der Waals surface area contributed by atoms with E-state index in [4.69, 9.17) is 4.74 Å². The van der Waals surface area contributed by atoms with Crippen LogP contribution in [0.15, 0.2) is 16.8 Å².